The Balaban J connectivity index is 2.07. The minimum atomic E-state index is -0.182. The lowest BCUT2D eigenvalue weighted by Crippen LogP contribution is -2.40. The zero-order chi connectivity index (χ0) is 13.9. The van der Waals surface area contributed by atoms with Crippen LogP contribution in [0.4, 0.5) is 0 Å². The van der Waals surface area contributed by atoms with Crippen molar-refractivity contribution in [2.24, 2.45) is 0 Å². The van der Waals surface area contributed by atoms with Gasteiger partial charge < -0.3 is 14.8 Å². The minimum Gasteiger partial charge on any atom is -0.341 e. The topological polar surface area (TPSA) is 50.2 Å². The molecule has 0 saturated carbocycles. The van der Waals surface area contributed by atoms with E-state index in [2.05, 4.69) is 24.1 Å². The maximum atomic E-state index is 12.3. The van der Waals surface area contributed by atoms with Crippen LogP contribution in [0.25, 0.3) is 0 Å². The fourth-order valence-electron chi connectivity index (χ4n) is 2.48. The molecule has 1 N–H and O–H groups in total. The molecule has 5 heteroatoms. The third-order valence-corrected chi connectivity index (χ3v) is 3.99. The van der Waals surface area contributed by atoms with Crippen LogP contribution < -0.4 is 5.32 Å². The Bertz CT molecular complexity index is 432. The summed E-state index contributed by atoms with van der Waals surface area (Å²) in [4.78, 5) is 18.4. The van der Waals surface area contributed by atoms with Gasteiger partial charge in [0.25, 0.3) is 0 Å². The number of aromatic nitrogens is 2. The number of rotatable bonds is 4. The number of nitrogens with one attached hydrogen (secondary N) is 1. The molecule has 2 rings (SSSR count). The van der Waals surface area contributed by atoms with E-state index in [1.807, 2.05) is 22.7 Å². The van der Waals surface area contributed by atoms with E-state index in [1.165, 1.54) is 6.42 Å². The van der Waals surface area contributed by atoms with Gasteiger partial charge in [0, 0.05) is 13.1 Å². The van der Waals surface area contributed by atoms with Crippen molar-refractivity contribution in [2.45, 2.75) is 45.2 Å². The molecule has 0 atom stereocenters. The van der Waals surface area contributed by atoms with Crippen molar-refractivity contribution in [3.8, 4) is 0 Å². The molecule has 0 bridgehead atoms. The van der Waals surface area contributed by atoms with Crippen LogP contribution in [0.15, 0.2) is 12.5 Å². The first-order valence-corrected chi connectivity index (χ1v) is 7.02. The van der Waals surface area contributed by atoms with E-state index >= 15 is 0 Å². The second-order valence-corrected chi connectivity index (χ2v) is 5.72. The number of carbonyl (C=O) groups is 1. The first-order chi connectivity index (χ1) is 9.04. The summed E-state index contributed by atoms with van der Waals surface area (Å²) in [5.74, 6) is 0.200. The lowest BCUT2D eigenvalue weighted by Gasteiger charge is -2.29. The molecule has 19 heavy (non-hydrogen) atoms. The van der Waals surface area contributed by atoms with Crippen LogP contribution in [0, 0.1) is 0 Å². The zero-order valence-electron chi connectivity index (χ0n) is 12.1. The normalized spacial score (nSPS) is 16.7. The van der Waals surface area contributed by atoms with Crippen molar-refractivity contribution in [3.63, 3.8) is 0 Å². The number of amides is 1. The number of piperidine rings is 1. The highest BCUT2D eigenvalue weighted by Gasteiger charge is 2.24. The van der Waals surface area contributed by atoms with Gasteiger partial charge in [-0.1, -0.05) is 0 Å². The second kappa shape index (κ2) is 5.74. The molecule has 1 fully saturated rings. The molecule has 0 aromatic carbocycles. The SMILES string of the molecule is CNC(C)(C)c1cncn1CC(=O)N1CCCCC1. The van der Waals surface area contributed by atoms with E-state index in [0.29, 0.717) is 6.54 Å². The van der Waals surface area contributed by atoms with Gasteiger partial charge >= 0.3 is 0 Å². The number of nitrogens with zero attached hydrogens (tertiary/aromatic N) is 3. The minimum absolute atomic E-state index is 0.182. The second-order valence-electron chi connectivity index (χ2n) is 5.72. The van der Waals surface area contributed by atoms with Crippen molar-refractivity contribution in [1.82, 2.24) is 19.8 Å². The summed E-state index contributed by atoms with van der Waals surface area (Å²) in [6, 6.07) is 0. The lowest BCUT2D eigenvalue weighted by atomic mass is 10.0. The number of hydrogen-bond donors (Lipinski definition) is 1. The summed E-state index contributed by atoms with van der Waals surface area (Å²) in [6.07, 6.45) is 7.08. The highest BCUT2D eigenvalue weighted by atomic mass is 16.2. The molecule has 1 amide bonds. The first kappa shape index (κ1) is 14.1. The van der Waals surface area contributed by atoms with Gasteiger partial charge in [-0.3, -0.25) is 4.79 Å². The molecule has 1 saturated heterocycles. The molecule has 0 spiro atoms. The summed E-state index contributed by atoms with van der Waals surface area (Å²) in [5.41, 5.74) is 0.860. The predicted molar refractivity (Wildman–Crippen MR) is 74.7 cm³/mol. The molecule has 1 aromatic heterocycles. The van der Waals surface area contributed by atoms with Crippen LogP contribution in [-0.4, -0.2) is 40.5 Å². The molecule has 0 aliphatic carbocycles. The quantitative estimate of drug-likeness (QED) is 0.893. The van der Waals surface area contributed by atoms with Gasteiger partial charge in [0.2, 0.25) is 5.91 Å². The fourth-order valence-corrected chi connectivity index (χ4v) is 2.48. The Morgan fingerprint density at radius 2 is 2.05 bits per heavy atom. The molecule has 0 unspecified atom stereocenters. The van der Waals surface area contributed by atoms with Gasteiger partial charge in [0.15, 0.2) is 0 Å². The van der Waals surface area contributed by atoms with Gasteiger partial charge in [0.05, 0.1) is 23.8 Å². The summed E-state index contributed by atoms with van der Waals surface area (Å²) in [5, 5.41) is 3.25. The highest BCUT2D eigenvalue weighted by Crippen LogP contribution is 2.19. The highest BCUT2D eigenvalue weighted by molar-refractivity contribution is 5.76. The summed E-state index contributed by atoms with van der Waals surface area (Å²) < 4.78 is 1.95. The van der Waals surface area contributed by atoms with Crippen LogP contribution in [0.1, 0.15) is 38.8 Å². The average molecular weight is 264 g/mol. The first-order valence-electron chi connectivity index (χ1n) is 7.02. The predicted octanol–water partition coefficient (Wildman–Crippen LogP) is 1.35. The van der Waals surface area contributed by atoms with E-state index in [0.717, 1.165) is 31.6 Å². The van der Waals surface area contributed by atoms with E-state index in [1.54, 1.807) is 6.33 Å². The molecular formula is C14H24N4O. The average Bonchev–Trinajstić information content (AvgIpc) is 2.88. The Morgan fingerprint density at radius 1 is 1.37 bits per heavy atom. The largest absolute Gasteiger partial charge is 0.341 e. The molecule has 1 aliphatic rings. The van der Waals surface area contributed by atoms with Gasteiger partial charge in [-0.05, 0) is 40.2 Å². The Kier molecular flexibility index (Phi) is 4.24. The van der Waals surface area contributed by atoms with Gasteiger partial charge in [-0.2, -0.15) is 0 Å². The number of imidazole rings is 1. The summed E-state index contributed by atoms with van der Waals surface area (Å²) >= 11 is 0. The van der Waals surface area contributed by atoms with Gasteiger partial charge in [-0.25, -0.2) is 4.98 Å². The summed E-state index contributed by atoms with van der Waals surface area (Å²) in [7, 11) is 1.92. The van der Waals surface area contributed by atoms with Crippen LogP contribution in [0.2, 0.25) is 0 Å². The van der Waals surface area contributed by atoms with Crippen LogP contribution in [0.5, 0.6) is 0 Å². The molecule has 1 aromatic rings. The number of carbonyl (C=O) groups excluding carboxylic acids is 1. The lowest BCUT2D eigenvalue weighted by molar-refractivity contribution is -0.132. The van der Waals surface area contributed by atoms with Crippen LogP contribution in [-0.2, 0) is 16.9 Å². The van der Waals surface area contributed by atoms with Crippen molar-refractivity contribution in [2.75, 3.05) is 20.1 Å². The van der Waals surface area contributed by atoms with Crippen LogP contribution >= 0.6 is 0 Å². The molecule has 0 radical (unpaired) electrons. The molecule has 106 valence electrons. The van der Waals surface area contributed by atoms with E-state index in [4.69, 9.17) is 0 Å². The maximum absolute atomic E-state index is 12.3. The molecule has 2 heterocycles. The zero-order valence-corrected chi connectivity index (χ0v) is 12.1. The summed E-state index contributed by atoms with van der Waals surface area (Å²) in [6.45, 7) is 6.37. The van der Waals surface area contributed by atoms with Crippen LogP contribution in [0.3, 0.4) is 0 Å². The monoisotopic (exact) mass is 264 g/mol. The van der Waals surface area contributed by atoms with Gasteiger partial charge in [-0.15, -0.1) is 0 Å². The smallest absolute Gasteiger partial charge is 0.242 e. The van der Waals surface area contributed by atoms with Crippen molar-refractivity contribution in [1.29, 1.82) is 0 Å². The Morgan fingerprint density at radius 3 is 2.68 bits per heavy atom. The fraction of sp³-hybridized carbons (Fsp3) is 0.714. The number of hydrogen-bond acceptors (Lipinski definition) is 3. The maximum Gasteiger partial charge on any atom is 0.242 e. The van der Waals surface area contributed by atoms with Crippen molar-refractivity contribution in [3.05, 3.63) is 18.2 Å². The third kappa shape index (κ3) is 3.15. The van der Waals surface area contributed by atoms with E-state index in [9.17, 15) is 4.79 Å². The molecule has 1 aliphatic heterocycles. The van der Waals surface area contributed by atoms with Gasteiger partial charge in [0.1, 0.15) is 6.54 Å². The van der Waals surface area contributed by atoms with E-state index in [-0.39, 0.29) is 11.4 Å². The van der Waals surface area contributed by atoms with E-state index < -0.39 is 0 Å². The standard InChI is InChI=1S/C14H24N4O/c1-14(2,15-3)12-9-16-11-18(12)10-13(19)17-7-5-4-6-8-17/h9,11,15H,4-8,10H2,1-3H3. The Hall–Kier alpha value is -1.36. The Labute approximate surface area is 115 Å². The number of likely N-dealkylation sites (tertiary alicyclic amines) is 1. The third-order valence-electron chi connectivity index (χ3n) is 3.99. The van der Waals surface area contributed by atoms with Crippen molar-refractivity contribution < 1.29 is 4.79 Å². The molecular weight excluding hydrogens is 240 g/mol. The van der Waals surface area contributed by atoms with Crippen molar-refractivity contribution >= 4 is 5.91 Å². The molecule has 5 nitrogen and oxygen atoms in total.